The van der Waals surface area contributed by atoms with Crippen LogP contribution >= 0.6 is 0 Å². The number of halogens is 1. The quantitative estimate of drug-likeness (QED) is 0.448. The van der Waals surface area contributed by atoms with E-state index < -0.39 is 11.6 Å². The highest BCUT2D eigenvalue weighted by molar-refractivity contribution is 6.03. The Kier molecular flexibility index (Phi) is 5.86. The molecule has 8 nitrogen and oxygen atoms in total. The van der Waals surface area contributed by atoms with Gasteiger partial charge in [-0.05, 0) is 86.4 Å². The Morgan fingerprint density at radius 3 is 2.64 bits per heavy atom. The monoisotopic (exact) mass is 530 g/mol. The fourth-order valence-corrected chi connectivity index (χ4v) is 6.27. The summed E-state index contributed by atoms with van der Waals surface area (Å²) >= 11 is 0. The van der Waals surface area contributed by atoms with Crippen LogP contribution in [0.4, 0.5) is 10.1 Å². The molecule has 4 fully saturated rings. The number of amides is 1. The van der Waals surface area contributed by atoms with E-state index >= 15 is 4.39 Å². The molecule has 0 bridgehead atoms. The summed E-state index contributed by atoms with van der Waals surface area (Å²) in [5, 5.41) is 10.9. The van der Waals surface area contributed by atoms with Crippen molar-refractivity contribution in [2.75, 3.05) is 31.6 Å². The maximum absolute atomic E-state index is 15.8. The highest BCUT2D eigenvalue weighted by Gasteiger charge is 2.51. The minimum Gasteiger partial charge on any atom is -0.379 e. The number of aromatic nitrogens is 4. The lowest BCUT2D eigenvalue weighted by molar-refractivity contribution is -0.102. The molecular weight excluding hydrogens is 495 g/mol. The standard InChI is InChI=1S/C30H35FN6O2/c1-19(37-11-10-29(15-37)8-9-29)21-12-24(20-6-7-20)34-25(13-21)28(38)33-23-5-3-4-22(14-23)30(16-39-17-30)26(31)27-35-32-18-36(27)2/h3-5,12-14,18-20,26H,6-11,15-17H2,1-2H3,(H,33,38)/t19-,26+/m1/s1. The lowest BCUT2D eigenvalue weighted by Crippen LogP contribution is -2.50. The number of ether oxygens (including phenoxy) is 1. The van der Waals surface area contributed by atoms with E-state index in [2.05, 4.69) is 33.4 Å². The molecule has 2 saturated heterocycles. The highest BCUT2D eigenvalue weighted by Crippen LogP contribution is 2.54. The molecule has 2 aliphatic heterocycles. The van der Waals surface area contributed by atoms with E-state index in [1.165, 1.54) is 25.6 Å². The van der Waals surface area contributed by atoms with E-state index in [0.29, 0.717) is 22.7 Å². The van der Waals surface area contributed by atoms with Gasteiger partial charge in [-0.15, -0.1) is 10.2 Å². The molecule has 1 spiro atoms. The van der Waals surface area contributed by atoms with Gasteiger partial charge in [-0.1, -0.05) is 12.1 Å². The van der Waals surface area contributed by atoms with Gasteiger partial charge in [0.05, 0.1) is 18.6 Å². The van der Waals surface area contributed by atoms with Crippen molar-refractivity contribution in [2.45, 2.75) is 62.6 Å². The molecule has 39 heavy (non-hydrogen) atoms. The summed E-state index contributed by atoms with van der Waals surface area (Å²) in [5.41, 5.74) is 3.68. The van der Waals surface area contributed by atoms with Crippen molar-refractivity contribution in [1.29, 1.82) is 0 Å². The largest absolute Gasteiger partial charge is 0.379 e. The second kappa shape index (κ2) is 9.20. The highest BCUT2D eigenvalue weighted by atomic mass is 19.1. The van der Waals surface area contributed by atoms with Crippen molar-refractivity contribution >= 4 is 11.6 Å². The molecule has 1 aromatic carbocycles. The van der Waals surface area contributed by atoms with Gasteiger partial charge in [0.1, 0.15) is 12.0 Å². The third-order valence-electron chi connectivity index (χ3n) is 9.42. The lowest BCUT2D eigenvalue weighted by Gasteiger charge is -2.43. The van der Waals surface area contributed by atoms with Gasteiger partial charge in [0, 0.05) is 36.9 Å². The summed E-state index contributed by atoms with van der Waals surface area (Å²) in [6.07, 6.45) is 6.35. The van der Waals surface area contributed by atoms with Crippen LogP contribution in [0.1, 0.15) is 90.3 Å². The number of pyridine rings is 1. The zero-order valence-corrected chi connectivity index (χ0v) is 22.6. The summed E-state index contributed by atoms with van der Waals surface area (Å²) < 4.78 is 22.9. The SMILES string of the molecule is C[C@H](c1cc(C(=O)Nc2cccc(C3([C@@H](F)c4nncn4C)COC3)c2)nc(C2CC2)c1)N1CCC2(CC2)C1. The Balaban J connectivity index is 1.13. The first kappa shape index (κ1) is 24.8. The van der Waals surface area contributed by atoms with Crippen LogP contribution in [0.2, 0.25) is 0 Å². The molecule has 0 radical (unpaired) electrons. The number of benzene rings is 1. The first-order valence-electron chi connectivity index (χ1n) is 14.1. The number of nitrogens with zero attached hydrogens (tertiary/aromatic N) is 5. The molecule has 2 aromatic heterocycles. The van der Waals surface area contributed by atoms with Gasteiger partial charge in [-0.3, -0.25) is 9.69 Å². The maximum Gasteiger partial charge on any atom is 0.274 e. The number of carbonyl (C=O) groups is 1. The summed E-state index contributed by atoms with van der Waals surface area (Å²) in [6.45, 7) is 5.00. The average Bonchev–Trinajstić information content (AvgIpc) is 3.81. The molecule has 3 aromatic rings. The van der Waals surface area contributed by atoms with Gasteiger partial charge in [-0.25, -0.2) is 9.37 Å². The van der Waals surface area contributed by atoms with Gasteiger partial charge in [0.2, 0.25) is 0 Å². The molecule has 1 N–H and O–H groups in total. The van der Waals surface area contributed by atoms with Gasteiger partial charge in [0.25, 0.3) is 5.91 Å². The molecule has 2 saturated carbocycles. The van der Waals surface area contributed by atoms with Crippen molar-refractivity contribution in [1.82, 2.24) is 24.6 Å². The van der Waals surface area contributed by atoms with E-state index in [4.69, 9.17) is 9.72 Å². The van der Waals surface area contributed by atoms with Crippen LogP contribution < -0.4 is 5.32 Å². The number of nitrogens with one attached hydrogen (secondary N) is 1. The molecule has 2 aliphatic carbocycles. The fraction of sp³-hybridized carbons (Fsp3) is 0.533. The third kappa shape index (κ3) is 4.45. The van der Waals surface area contributed by atoms with Crippen molar-refractivity contribution in [2.24, 2.45) is 12.5 Å². The van der Waals surface area contributed by atoms with Gasteiger partial charge in [-0.2, -0.15) is 0 Å². The minimum absolute atomic E-state index is 0.239. The van der Waals surface area contributed by atoms with Gasteiger partial charge >= 0.3 is 0 Å². The van der Waals surface area contributed by atoms with Crippen LogP contribution in [0.25, 0.3) is 0 Å². The second-order valence-corrected chi connectivity index (χ2v) is 12.2. The maximum atomic E-state index is 15.8. The Hall–Kier alpha value is -3.17. The van der Waals surface area contributed by atoms with Crippen molar-refractivity contribution in [3.63, 3.8) is 0 Å². The zero-order valence-electron chi connectivity index (χ0n) is 22.6. The second-order valence-electron chi connectivity index (χ2n) is 12.2. The van der Waals surface area contributed by atoms with Crippen LogP contribution in [0, 0.1) is 5.41 Å². The van der Waals surface area contributed by atoms with E-state index in [9.17, 15) is 4.79 Å². The predicted octanol–water partition coefficient (Wildman–Crippen LogP) is 4.87. The Morgan fingerprint density at radius 1 is 1.18 bits per heavy atom. The first-order valence-corrected chi connectivity index (χ1v) is 14.1. The predicted molar refractivity (Wildman–Crippen MR) is 144 cm³/mol. The number of aryl methyl sites for hydroxylation is 1. The number of rotatable bonds is 8. The number of hydrogen-bond acceptors (Lipinski definition) is 6. The summed E-state index contributed by atoms with van der Waals surface area (Å²) in [6, 6.07) is 11.8. The summed E-state index contributed by atoms with van der Waals surface area (Å²) in [4.78, 5) is 20.9. The fourth-order valence-electron chi connectivity index (χ4n) is 6.27. The van der Waals surface area contributed by atoms with E-state index in [1.807, 2.05) is 30.3 Å². The van der Waals surface area contributed by atoms with E-state index in [0.717, 1.165) is 42.8 Å². The normalized spacial score (nSPS) is 22.8. The number of likely N-dealkylation sites (tertiary alicyclic amines) is 1. The molecule has 1 amide bonds. The number of hydrogen-bond donors (Lipinski definition) is 1. The molecule has 7 rings (SSSR count). The van der Waals surface area contributed by atoms with Gasteiger partial charge in [0.15, 0.2) is 12.0 Å². The smallest absolute Gasteiger partial charge is 0.274 e. The van der Waals surface area contributed by atoms with Crippen molar-refractivity contribution in [3.05, 3.63) is 71.1 Å². The van der Waals surface area contributed by atoms with Crippen molar-refractivity contribution < 1.29 is 13.9 Å². The van der Waals surface area contributed by atoms with Gasteiger partial charge < -0.3 is 14.6 Å². The molecule has 4 aliphatic rings. The number of carbonyl (C=O) groups excluding carboxylic acids is 1. The lowest BCUT2D eigenvalue weighted by atomic mass is 9.74. The first-order chi connectivity index (χ1) is 18.9. The molecule has 0 unspecified atom stereocenters. The average molecular weight is 531 g/mol. The third-order valence-corrected chi connectivity index (χ3v) is 9.42. The number of anilines is 1. The topological polar surface area (TPSA) is 85.2 Å². The van der Waals surface area contributed by atoms with Crippen LogP contribution in [0.5, 0.6) is 0 Å². The minimum atomic E-state index is -1.38. The summed E-state index contributed by atoms with van der Waals surface area (Å²) in [7, 11) is 1.73. The van der Waals surface area contributed by atoms with Crippen molar-refractivity contribution in [3.8, 4) is 0 Å². The Morgan fingerprint density at radius 2 is 2.00 bits per heavy atom. The molecule has 4 heterocycles. The molecule has 9 heteroatoms. The molecule has 2 atom stereocenters. The van der Waals surface area contributed by atoms with E-state index in [-0.39, 0.29) is 31.0 Å². The summed E-state index contributed by atoms with van der Waals surface area (Å²) in [5.74, 6) is 0.467. The van der Waals surface area contributed by atoms with E-state index in [1.54, 1.807) is 11.6 Å². The van der Waals surface area contributed by atoms with Crippen LogP contribution in [0.15, 0.2) is 42.7 Å². The number of alkyl halides is 1. The Labute approximate surface area is 228 Å². The Bertz CT molecular complexity index is 1410. The van der Waals surface area contributed by atoms with Crippen LogP contribution in [-0.4, -0.2) is 56.9 Å². The zero-order chi connectivity index (χ0) is 26.8. The van der Waals surface area contributed by atoms with Crippen LogP contribution in [0.3, 0.4) is 0 Å². The molecule has 204 valence electrons. The molecular formula is C30H35FN6O2. The van der Waals surface area contributed by atoms with Crippen LogP contribution in [-0.2, 0) is 17.2 Å².